The summed E-state index contributed by atoms with van der Waals surface area (Å²) in [6.07, 6.45) is 0. The number of anilines is 15. The highest BCUT2D eigenvalue weighted by atomic mass is 16.1. The van der Waals surface area contributed by atoms with Crippen LogP contribution in [0.2, 0.25) is 0 Å². The summed E-state index contributed by atoms with van der Waals surface area (Å²) in [5.74, 6) is -1.53. The Labute approximate surface area is 831 Å². The number of rotatable bonds is 31. The van der Waals surface area contributed by atoms with Crippen molar-refractivity contribution in [1.82, 2.24) is 0 Å². The Kier molecular flexibility index (Phi) is 26.0. The average molecular weight is 1840 g/mol. The number of ketones is 6. The van der Waals surface area contributed by atoms with Crippen LogP contribution >= 0.6 is 0 Å². The summed E-state index contributed by atoms with van der Waals surface area (Å²) in [5.41, 5.74) is 24.8. The Bertz CT molecular complexity index is 8150. The van der Waals surface area contributed by atoms with Gasteiger partial charge in [-0.1, -0.05) is 340 Å². The zero-order valence-corrected chi connectivity index (χ0v) is 77.7. The maximum Gasteiger partial charge on any atom is 0.193 e. The van der Waals surface area contributed by atoms with Crippen molar-refractivity contribution in [3.05, 3.63) is 619 Å². The molecule has 0 saturated heterocycles. The van der Waals surface area contributed by atoms with Gasteiger partial charge >= 0.3 is 0 Å². The normalized spacial score (nSPS) is 11.0. The fraction of sp³-hybridized carbons (Fsp3) is 0. The second-order valence-electron chi connectivity index (χ2n) is 34.7. The topological polar surface area (TPSA) is 119 Å². The van der Waals surface area contributed by atoms with E-state index in [1.54, 1.807) is 91.0 Å². The summed E-state index contributed by atoms with van der Waals surface area (Å²) in [7, 11) is 0. The van der Waals surface area contributed by atoms with Gasteiger partial charge in [-0.25, -0.2) is 0 Å². The quantitative estimate of drug-likeness (QED) is 0.0386. The van der Waals surface area contributed by atoms with Crippen molar-refractivity contribution in [1.29, 1.82) is 0 Å². The summed E-state index contributed by atoms with van der Waals surface area (Å²) in [4.78, 5) is 101. The van der Waals surface area contributed by atoms with Crippen LogP contribution < -0.4 is 24.5 Å². The van der Waals surface area contributed by atoms with Crippen molar-refractivity contribution in [3.63, 3.8) is 0 Å². The predicted molar refractivity (Wildman–Crippen MR) is 581 cm³/mol. The second kappa shape index (κ2) is 41.3. The number of carbonyl (C=O) groups excluding carboxylic acids is 6. The minimum Gasteiger partial charge on any atom is -0.311 e. The molecule has 21 rings (SSSR count). The van der Waals surface area contributed by atoms with Crippen molar-refractivity contribution < 1.29 is 28.8 Å². The van der Waals surface area contributed by atoms with Gasteiger partial charge in [0.2, 0.25) is 0 Å². The van der Waals surface area contributed by atoms with E-state index in [2.05, 4.69) is 170 Å². The van der Waals surface area contributed by atoms with Crippen LogP contribution in [0.4, 0.5) is 85.3 Å². The van der Waals surface area contributed by atoms with E-state index in [9.17, 15) is 9.59 Å². The number of hydrogen-bond acceptors (Lipinski definition) is 11. The third-order valence-electron chi connectivity index (χ3n) is 25.8. The molecular formula is C132H91N5O6. The third kappa shape index (κ3) is 19.1. The van der Waals surface area contributed by atoms with Gasteiger partial charge in [0.25, 0.3) is 0 Å². The first kappa shape index (κ1) is 90.1. The Balaban J connectivity index is 0.564. The first-order valence-electron chi connectivity index (χ1n) is 47.5. The van der Waals surface area contributed by atoms with Gasteiger partial charge in [-0.3, -0.25) is 28.8 Å². The highest BCUT2D eigenvalue weighted by Gasteiger charge is 2.29. The molecule has 11 nitrogen and oxygen atoms in total. The lowest BCUT2D eigenvalue weighted by Crippen LogP contribution is -2.13. The molecule has 0 aliphatic carbocycles. The summed E-state index contributed by atoms with van der Waals surface area (Å²) >= 11 is 0. The molecule has 0 saturated carbocycles. The van der Waals surface area contributed by atoms with Crippen LogP contribution in [0, 0.1) is 0 Å². The van der Waals surface area contributed by atoms with Crippen molar-refractivity contribution in [2.75, 3.05) is 24.5 Å². The van der Waals surface area contributed by atoms with E-state index in [1.165, 1.54) is 0 Å². The summed E-state index contributed by atoms with van der Waals surface area (Å²) in [5, 5.41) is 0. The third-order valence-corrected chi connectivity index (χ3v) is 25.8. The highest BCUT2D eigenvalue weighted by molar-refractivity contribution is 6.22. The van der Waals surface area contributed by atoms with Gasteiger partial charge in [-0.15, -0.1) is 0 Å². The molecule has 11 heteroatoms. The lowest BCUT2D eigenvalue weighted by molar-refractivity contribution is 0.100. The molecule has 0 amide bonds. The van der Waals surface area contributed by atoms with Gasteiger partial charge in [-0.05, 0) is 240 Å². The number of para-hydroxylation sites is 9. The van der Waals surface area contributed by atoms with Gasteiger partial charge in [0.05, 0.1) is 17.1 Å². The molecule has 0 aliphatic heterocycles. The largest absolute Gasteiger partial charge is 0.311 e. The van der Waals surface area contributed by atoms with E-state index in [4.69, 9.17) is 0 Å². The molecule has 143 heavy (non-hydrogen) atoms. The molecule has 0 aliphatic rings. The Morgan fingerprint density at radius 2 is 0.343 bits per heavy atom. The summed E-state index contributed by atoms with van der Waals surface area (Å²) < 4.78 is 0. The minimum atomic E-state index is -0.351. The first-order valence-corrected chi connectivity index (χ1v) is 47.5. The monoisotopic (exact) mass is 1840 g/mol. The molecule has 0 heterocycles. The van der Waals surface area contributed by atoms with Crippen LogP contribution in [0.1, 0.15) is 95.5 Å². The molecule has 0 fully saturated rings. The van der Waals surface area contributed by atoms with E-state index in [0.717, 1.165) is 118 Å². The summed E-state index contributed by atoms with van der Waals surface area (Å²) in [6.45, 7) is 0. The number of nitrogens with zero attached hydrogens (tertiary/aromatic N) is 5. The molecular weight excluding hydrogens is 1750 g/mol. The SMILES string of the molecule is O=C(c1cccc(-c2ccccc2N(c2ccccc2)c2ccccc2)c1)c1cccc(N(c2ccccc2)c2cccc(C(=O)c3cccc(-c4ccccc4N(c4ccccc4)c4ccc(-c5ccc(C(=O)c6ccc(N(c7ccc(C(=O)c8ccccc8C(=O)c8ccccc8)cc7)c7ccc(-c8ccccc8N(c8ccccc8)c8ccccc8)cc7)cc6)c(C(=O)c6ccccc6)c5)cc4)c3)c2)c1. The van der Waals surface area contributed by atoms with Crippen molar-refractivity contribution in [2.24, 2.45) is 0 Å². The van der Waals surface area contributed by atoms with Gasteiger partial charge < -0.3 is 24.5 Å². The minimum absolute atomic E-state index is 0.139. The lowest BCUT2D eigenvalue weighted by Gasteiger charge is -2.28. The van der Waals surface area contributed by atoms with Crippen molar-refractivity contribution in [3.8, 4) is 44.5 Å². The van der Waals surface area contributed by atoms with Crippen LogP contribution in [0.15, 0.2) is 552 Å². The van der Waals surface area contributed by atoms with Crippen molar-refractivity contribution in [2.45, 2.75) is 0 Å². The Morgan fingerprint density at radius 3 is 0.699 bits per heavy atom. The zero-order valence-electron chi connectivity index (χ0n) is 77.7. The van der Waals surface area contributed by atoms with Gasteiger partial charge in [0, 0.05) is 152 Å². The molecule has 0 bridgehead atoms. The van der Waals surface area contributed by atoms with E-state index >= 15 is 19.2 Å². The maximum absolute atomic E-state index is 15.5. The number of benzene rings is 21. The molecule has 680 valence electrons. The van der Waals surface area contributed by atoms with Crippen molar-refractivity contribution >= 4 is 120 Å². The fourth-order valence-corrected chi connectivity index (χ4v) is 18.8. The van der Waals surface area contributed by atoms with E-state index in [1.807, 2.05) is 315 Å². The smallest absolute Gasteiger partial charge is 0.193 e. The molecule has 0 radical (unpaired) electrons. The molecule has 0 unspecified atom stereocenters. The van der Waals surface area contributed by atoms with Crippen LogP contribution in [-0.2, 0) is 0 Å². The molecule has 0 N–H and O–H groups in total. The molecule has 0 atom stereocenters. The van der Waals surface area contributed by atoms with Gasteiger partial charge in [-0.2, -0.15) is 0 Å². The van der Waals surface area contributed by atoms with Crippen LogP contribution in [-0.4, -0.2) is 34.7 Å². The molecule has 21 aromatic rings. The van der Waals surface area contributed by atoms with E-state index in [0.29, 0.717) is 67.0 Å². The molecule has 21 aromatic carbocycles. The van der Waals surface area contributed by atoms with E-state index < -0.39 is 0 Å². The number of carbonyl (C=O) groups is 6. The first-order chi connectivity index (χ1) is 70.5. The Morgan fingerprint density at radius 1 is 0.119 bits per heavy atom. The van der Waals surface area contributed by atoms with Gasteiger partial charge in [0.1, 0.15) is 0 Å². The predicted octanol–water partition coefficient (Wildman–Crippen LogP) is 33.1. The molecule has 0 spiro atoms. The zero-order chi connectivity index (χ0) is 96.9. The standard InChI is InChI=1S/C132H91N5O6/c138-127(101-43-33-41-99(87-101)118-62-28-31-67-125(118)136(108-53-19-6-20-54-108)109-55-21-7-22-56-109)103-45-35-59-115(89-103)134(105-47-13-3-14-48-105)116-60-36-46-104(90-116)128(139)102-44-34-42-100(88-102)119-63-29-32-68-126(119)137(110-57-23-8-24-58-110)114-78-69-92(70-79-114)98-77-86-122(123(91-98)132(143)95-39-11-2-12-40-95)131(142)97-75-84-113(85-76-97)133(112-82-73-96(74-83-112)130(141)121-65-26-25-64-120(121)129(140)94-37-9-1-10-38-94)111-80-71-93(72-81-111)117-61-27-30-66-124(117)135(106-49-15-4-16-50-106)107-51-17-5-18-52-107/h1-91H. The van der Waals surface area contributed by atoms with Crippen LogP contribution in [0.5, 0.6) is 0 Å². The molecule has 0 aromatic heterocycles. The lowest BCUT2D eigenvalue weighted by atomic mass is 9.90. The van der Waals surface area contributed by atoms with E-state index in [-0.39, 0.29) is 45.8 Å². The second-order valence-corrected chi connectivity index (χ2v) is 34.7. The van der Waals surface area contributed by atoms with Gasteiger partial charge in [0.15, 0.2) is 34.7 Å². The van der Waals surface area contributed by atoms with Crippen LogP contribution in [0.25, 0.3) is 44.5 Å². The maximum atomic E-state index is 15.5. The van der Waals surface area contributed by atoms with Crippen LogP contribution in [0.3, 0.4) is 0 Å². The Hall–Kier alpha value is -19.4. The summed E-state index contributed by atoms with van der Waals surface area (Å²) in [6, 6.07) is 179. The average Bonchev–Trinajstić information content (AvgIpc) is 0.774. The number of hydrogen-bond donors (Lipinski definition) is 0. The highest BCUT2D eigenvalue weighted by Crippen LogP contribution is 2.48. The fourth-order valence-electron chi connectivity index (χ4n) is 18.8.